The zero-order valence-electron chi connectivity index (χ0n) is 18.0. The van der Waals surface area contributed by atoms with Gasteiger partial charge in [-0.2, -0.15) is 0 Å². The summed E-state index contributed by atoms with van der Waals surface area (Å²) in [5.41, 5.74) is 2.31. The van der Waals surface area contributed by atoms with Crippen molar-refractivity contribution < 1.29 is 28.1 Å². The maximum Gasteiger partial charge on any atom is 0.322 e. The quantitative estimate of drug-likeness (QED) is 0.733. The van der Waals surface area contributed by atoms with E-state index >= 15 is 0 Å². The normalized spacial score (nSPS) is 18.3. The van der Waals surface area contributed by atoms with Gasteiger partial charge in [-0.3, -0.25) is 0 Å². The van der Waals surface area contributed by atoms with Gasteiger partial charge in [0, 0.05) is 13.1 Å². The zero-order valence-corrected chi connectivity index (χ0v) is 18.0. The number of ether oxygens (including phenoxy) is 2. The molecule has 2 aliphatic rings. The van der Waals surface area contributed by atoms with Gasteiger partial charge in [0.2, 0.25) is 5.79 Å². The molecule has 0 aromatic carbocycles. The Labute approximate surface area is 178 Å². The smallest absolute Gasteiger partial charge is 0.322 e. The second-order valence-electron chi connectivity index (χ2n) is 7.71. The van der Waals surface area contributed by atoms with Gasteiger partial charge in [-0.1, -0.05) is 10.3 Å². The average molecular weight is 434 g/mol. The number of urea groups is 2. The minimum Gasteiger partial charge on any atom is -0.359 e. The first-order valence-electron chi connectivity index (χ1n) is 10.0. The number of anilines is 2. The van der Waals surface area contributed by atoms with Gasteiger partial charge in [0.05, 0.1) is 26.3 Å². The molecule has 2 N–H and O–H groups in total. The van der Waals surface area contributed by atoms with Crippen molar-refractivity contribution in [2.45, 2.75) is 33.5 Å². The molecule has 12 nitrogen and oxygen atoms in total. The predicted molar refractivity (Wildman–Crippen MR) is 108 cm³/mol. The fourth-order valence-corrected chi connectivity index (χ4v) is 3.74. The molecule has 168 valence electrons. The van der Waals surface area contributed by atoms with Gasteiger partial charge in [0.15, 0.2) is 11.5 Å². The van der Waals surface area contributed by atoms with Gasteiger partial charge in [0.25, 0.3) is 0 Å². The average Bonchev–Trinajstić information content (AvgIpc) is 3.24. The summed E-state index contributed by atoms with van der Waals surface area (Å²) in [5, 5.41) is 13.4. The van der Waals surface area contributed by atoms with Crippen molar-refractivity contribution in [1.29, 1.82) is 0 Å². The van der Waals surface area contributed by atoms with Crippen molar-refractivity contribution in [2.75, 3.05) is 50.0 Å². The Morgan fingerprint density at radius 3 is 1.58 bits per heavy atom. The van der Waals surface area contributed by atoms with Crippen LogP contribution in [0.25, 0.3) is 0 Å². The van der Waals surface area contributed by atoms with Crippen LogP contribution in [0.4, 0.5) is 21.0 Å². The molecule has 0 aliphatic carbocycles. The summed E-state index contributed by atoms with van der Waals surface area (Å²) < 4.78 is 22.0. The minimum atomic E-state index is -1.09. The van der Waals surface area contributed by atoms with Crippen molar-refractivity contribution in [2.24, 2.45) is 0 Å². The Hall–Kier alpha value is -3.12. The first-order chi connectivity index (χ1) is 14.8. The van der Waals surface area contributed by atoms with Gasteiger partial charge >= 0.3 is 12.1 Å². The van der Waals surface area contributed by atoms with E-state index in [9.17, 15) is 9.59 Å². The highest BCUT2D eigenvalue weighted by Gasteiger charge is 2.44. The monoisotopic (exact) mass is 434 g/mol. The highest BCUT2D eigenvalue weighted by molar-refractivity contribution is 5.91. The molecule has 0 saturated carbocycles. The molecule has 1 spiro atoms. The summed E-state index contributed by atoms with van der Waals surface area (Å²) in [7, 11) is 0. The first-order valence-corrected chi connectivity index (χ1v) is 10.0. The molecule has 4 amide bonds. The summed E-state index contributed by atoms with van der Waals surface area (Å²) >= 11 is 0. The van der Waals surface area contributed by atoms with E-state index in [0.717, 1.165) is 0 Å². The largest absolute Gasteiger partial charge is 0.359 e. The second-order valence-corrected chi connectivity index (χ2v) is 7.71. The van der Waals surface area contributed by atoms with Gasteiger partial charge in [-0.15, -0.1) is 0 Å². The van der Waals surface area contributed by atoms with Crippen molar-refractivity contribution in [3.05, 3.63) is 22.9 Å². The topological polar surface area (TPSA) is 135 Å². The maximum absolute atomic E-state index is 12.8. The third-order valence-electron chi connectivity index (χ3n) is 5.42. The van der Waals surface area contributed by atoms with Gasteiger partial charge in [0.1, 0.15) is 22.8 Å². The molecule has 31 heavy (non-hydrogen) atoms. The van der Waals surface area contributed by atoms with Crippen LogP contribution in [-0.4, -0.2) is 77.4 Å². The number of aryl methyl sites for hydroxylation is 4. The molecule has 0 radical (unpaired) electrons. The van der Waals surface area contributed by atoms with Crippen molar-refractivity contribution >= 4 is 23.4 Å². The molecule has 0 atom stereocenters. The van der Waals surface area contributed by atoms with E-state index in [4.69, 9.17) is 18.5 Å². The maximum atomic E-state index is 12.8. The van der Waals surface area contributed by atoms with Gasteiger partial charge in [-0.05, 0) is 27.7 Å². The van der Waals surface area contributed by atoms with E-state index in [1.807, 2.05) is 0 Å². The zero-order chi connectivity index (χ0) is 22.2. The Balaban J connectivity index is 1.42. The number of carbonyl (C=O) groups excluding carboxylic acids is 2. The molecule has 4 heterocycles. The number of hydrogen-bond acceptors (Lipinski definition) is 8. The van der Waals surface area contributed by atoms with Crippen LogP contribution in [0.15, 0.2) is 9.05 Å². The first kappa shape index (κ1) is 21.1. The highest BCUT2D eigenvalue weighted by Crippen LogP contribution is 2.27. The van der Waals surface area contributed by atoms with E-state index in [2.05, 4.69) is 20.9 Å². The third-order valence-corrected chi connectivity index (χ3v) is 5.42. The second kappa shape index (κ2) is 8.19. The number of nitrogens with zero attached hydrogens (tertiary/aromatic N) is 4. The summed E-state index contributed by atoms with van der Waals surface area (Å²) in [6, 6.07) is -0.615. The molecule has 2 aromatic rings. The lowest BCUT2D eigenvalue weighted by Gasteiger charge is -2.47. The molecule has 0 bridgehead atoms. The summed E-state index contributed by atoms with van der Waals surface area (Å²) in [4.78, 5) is 28.8. The molecule has 2 aliphatic heterocycles. The molecule has 4 rings (SSSR count). The number of aromatic nitrogens is 2. The van der Waals surface area contributed by atoms with E-state index in [1.165, 1.54) is 0 Å². The lowest BCUT2D eigenvalue weighted by atomic mass is 10.1. The van der Waals surface area contributed by atoms with Crippen molar-refractivity contribution in [3.63, 3.8) is 0 Å². The van der Waals surface area contributed by atoms with Crippen LogP contribution in [0.1, 0.15) is 22.9 Å². The number of carbonyl (C=O) groups is 2. The van der Waals surface area contributed by atoms with Crippen molar-refractivity contribution in [1.82, 2.24) is 20.1 Å². The number of hydrogen-bond donors (Lipinski definition) is 2. The standard InChI is InChI=1S/C19H26N6O6/c1-11-15(13(3)30-22-11)20-17(26)24-5-7-28-19(9-24)10-25(6-8-29-19)18(27)21-16-12(2)23-31-14(16)4/h5-10H2,1-4H3,(H,20,26)(H,21,27). The van der Waals surface area contributed by atoms with E-state index in [0.29, 0.717) is 47.4 Å². The molecular formula is C19H26N6O6. The Bertz CT molecular complexity index is 867. The summed E-state index contributed by atoms with van der Waals surface area (Å²) in [6.45, 7) is 8.69. The summed E-state index contributed by atoms with van der Waals surface area (Å²) in [6.07, 6.45) is 0. The fraction of sp³-hybridized carbons (Fsp3) is 0.579. The van der Waals surface area contributed by atoms with Crippen LogP contribution in [0, 0.1) is 27.7 Å². The number of amides is 4. The van der Waals surface area contributed by atoms with E-state index < -0.39 is 5.79 Å². The van der Waals surface area contributed by atoms with Gasteiger partial charge in [-0.25, -0.2) is 9.59 Å². The number of nitrogens with one attached hydrogen (secondary N) is 2. The molecular weight excluding hydrogens is 408 g/mol. The lowest BCUT2D eigenvalue weighted by Crippen LogP contribution is -2.64. The van der Waals surface area contributed by atoms with E-state index in [1.54, 1.807) is 37.5 Å². The molecule has 12 heteroatoms. The van der Waals surface area contributed by atoms with Crippen LogP contribution >= 0.6 is 0 Å². The minimum absolute atomic E-state index is 0.178. The van der Waals surface area contributed by atoms with Crippen LogP contribution in [0.3, 0.4) is 0 Å². The Morgan fingerprint density at radius 1 is 0.806 bits per heavy atom. The van der Waals surface area contributed by atoms with Crippen LogP contribution in [0.5, 0.6) is 0 Å². The summed E-state index contributed by atoms with van der Waals surface area (Å²) in [5.74, 6) is -0.0299. The molecule has 2 fully saturated rings. The Kier molecular flexibility index (Phi) is 5.58. The van der Waals surface area contributed by atoms with Crippen molar-refractivity contribution in [3.8, 4) is 0 Å². The van der Waals surface area contributed by atoms with Crippen LogP contribution in [0.2, 0.25) is 0 Å². The lowest BCUT2D eigenvalue weighted by molar-refractivity contribution is -0.281. The van der Waals surface area contributed by atoms with Gasteiger partial charge < -0.3 is 39.0 Å². The molecule has 2 saturated heterocycles. The SMILES string of the molecule is Cc1noc(C)c1NC(=O)N1CCOC2(C1)CN(C(=O)Nc1c(C)noc1C)CCO2. The molecule has 2 aromatic heterocycles. The number of morpholine rings is 2. The number of rotatable bonds is 2. The van der Waals surface area contributed by atoms with Crippen LogP contribution in [-0.2, 0) is 9.47 Å². The highest BCUT2D eigenvalue weighted by atomic mass is 16.7. The third kappa shape index (κ3) is 4.21. The Morgan fingerprint density at radius 2 is 1.23 bits per heavy atom. The molecule has 0 unspecified atom stereocenters. The van der Waals surface area contributed by atoms with Crippen LogP contribution < -0.4 is 10.6 Å². The fourth-order valence-electron chi connectivity index (χ4n) is 3.74. The van der Waals surface area contributed by atoms with E-state index in [-0.39, 0.29) is 38.4 Å². The predicted octanol–water partition coefficient (Wildman–Crippen LogP) is 2.02.